The molecule has 27 heavy (non-hydrogen) atoms. The number of thiophene rings is 1. The van der Waals surface area contributed by atoms with Crippen LogP contribution in [0, 0.1) is 0 Å². The Hall–Kier alpha value is -2.87. The Kier molecular flexibility index (Phi) is 6.95. The van der Waals surface area contributed by atoms with Gasteiger partial charge in [-0.2, -0.15) is 0 Å². The van der Waals surface area contributed by atoms with Crippen LogP contribution >= 0.6 is 11.3 Å². The number of benzene rings is 1. The first-order valence-electron chi connectivity index (χ1n) is 8.17. The van der Waals surface area contributed by atoms with Crippen molar-refractivity contribution in [3.8, 4) is 0 Å². The second-order valence-electron chi connectivity index (χ2n) is 5.81. The van der Waals surface area contributed by atoms with Crippen molar-refractivity contribution in [1.82, 2.24) is 0 Å². The Morgan fingerprint density at radius 2 is 1.70 bits per heavy atom. The highest BCUT2D eigenvalue weighted by molar-refractivity contribution is 7.18. The topological polar surface area (TPSA) is 105 Å². The second-order valence-corrected chi connectivity index (χ2v) is 6.86. The normalized spacial score (nSPS) is 11.5. The van der Waals surface area contributed by atoms with E-state index in [4.69, 9.17) is 19.9 Å². The smallest absolute Gasteiger partial charge is 0.348 e. The lowest BCUT2D eigenvalue weighted by Gasteiger charge is -2.12. The molecule has 0 radical (unpaired) electrons. The largest absolute Gasteiger partial charge is 0.465 e. The van der Waals surface area contributed by atoms with Crippen LogP contribution in [0.3, 0.4) is 0 Å². The summed E-state index contributed by atoms with van der Waals surface area (Å²) in [6.45, 7) is 1.64. The van der Waals surface area contributed by atoms with Crippen molar-refractivity contribution in [3.05, 3.63) is 51.9 Å². The lowest BCUT2D eigenvalue weighted by Crippen LogP contribution is -2.13. The van der Waals surface area contributed by atoms with Crippen LogP contribution in [0.2, 0.25) is 0 Å². The van der Waals surface area contributed by atoms with Crippen LogP contribution in [-0.2, 0) is 25.6 Å². The van der Waals surface area contributed by atoms with E-state index in [-0.39, 0.29) is 40.0 Å². The number of hydrogen-bond donors (Lipinski definition) is 1. The van der Waals surface area contributed by atoms with Gasteiger partial charge in [0.05, 0.1) is 20.6 Å². The second kappa shape index (κ2) is 9.18. The van der Waals surface area contributed by atoms with Gasteiger partial charge >= 0.3 is 17.9 Å². The van der Waals surface area contributed by atoms with Crippen molar-refractivity contribution in [3.63, 3.8) is 0 Å². The minimum absolute atomic E-state index is 0.0202. The molecule has 0 aliphatic heterocycles. The lowest BCUT2D eigenvalue weighted by molar-refractivity contribution is -0.145. The molecular weight excluding hydrogens is 370 g/mol. The number of nitrogens with two attached hydrogens (primary N) is 1. The molecule has 0 saturated carbocycles. The summed E-state index contributed by atoms with van der Waals surface area (Å²) in [5, 5.41) is 0.103. The fourth-order valence-corrected chi connectivity index (χ4v) is 3.55. The van der Waals surface area contributed by atoms with Crippen molar-refractivity contribution < 1.29 is 28.6 Å². The van der Waals surface area contributed by atoms with Crippen molar-refractivity contribution in [1.29, 1.82) is 0 Å². The van der Waals surface area contributed by atoms with Gasteiger partial charge in [0.15, 0.2) is 0 Å². The highest BCUT2D eigenvalue weighted by atomic mass is 32.1. The Labute approximate surface area is 161 Å². The highest BCUT2D eigenvalue weighted by Crippen LogP contribution is 2.33. The van der Waals surface area contributed by atoms with Gasteiger partial charge in [0.1, 0.15) is 22.0 Å². The molecule has 1 atom stereocenters. The van der Waals surface area contributed by atoms with Gasteiger partial charge in [-0.3, -0.25) is 4.79 Å². The molecule has 0 amide bonds. The third-order valence-electron chi connectivity index (χ3n) is 4.01. The number of carbonyl (C=O) groups is 3. The molecule has 2 N–H and O–H groups in total. The van der Waals surface area contributed by atoms with E-state index in [1.54, 1.807) is 0 Å². The van der Waals surface area contributed by atoms with Crippen LogP contribution in [0.4, 0.5) is 5.00 Å². The van der Waals surface area contributed by atoms with Crippen LogP contribution in [-0.4, -0.2) is 32.1 Å². The molecule has 1 aromatic carbocycles. The number of ether oxygens (including phenoxy) is 3. The molecule has 144 valence electrons. The number of carbonyl (C=O) groups excluding carboxylic acids is 3. The van der Waals surface area contributed by atoms with Gasteiger partial charge in [-0.15, -0.1) is 11.3 Å². The molecular formula is C19H21NO6S. The maximum absolute atomic E-state index is 12.2. The Bertz CT molecular complexity index is 830. The molecule has 2 aromatic rings. The van der Waals surface area contributed by atoms with E-state index in [9.17, 15) is 14.4 Å². The number of rotatable bonds is 7. The first-order chi connectivity index (χ1) is 12.9. The summed E-state index contributed by atoms with van der Waals surface area (Å²) in [4.78, 5) is 36.3. The molecule has 8 heteroatoms. The summed E-state index contributed by atoms with van der Waals surface area (Å²) in [6, 6.07) is 9.57. The molecule has 0 aliphatic rings. The Morgan fingerprint density at radius 1 is 1.07 bits per heavy atom. The zero-order valence-corrected chi connectivity index (χ0v) is 16.1. The molecule has 0 saturated heterocycles. The first-order valence-corrected chi connectivity index (χ1v) is 8.99. The van der Waals surface area contributed by atoms with E-state index >= 15 is 0 Å². The third kappa shape index (κ3) is 4.85. The van der Waals surface area contributed by atoms with Crippen LogP contribution in [0.1, 0.15) is 50.4 Å². The molecule has 0 fully saturated rings. The summed E-state index contributed by atoms with van der Waals surface area (Å²) in [7, 11) is 2.42. The van der Waals surface area contributed by atoms with Gasteiger partial charge in [-0.1, -0.05) is 37.3 Å². The predicted octanol–water partition coefficient (Wildman–Crippen LogP) is 3.14. The van der Waals surface area contributed by atoms with Crippen LogP contribution in [0.5, 0.6) is 0 Å². The van der Waals surface area contributed by atoms with E-state index in [0.29, 0.717) is 0 Å². The van der Waals surface area contributed by atoms with Crippen molar-refractivity contribution in [2.24, 2.45) is 0 Å². The number of esters is 3. The molecule has 1 heterocycles. The number of hydrogen-bond acceptors (Lipinski definition) is 8. The average molecular weight is 391 g/mol. The molecule has 7 nitrogen and oxygen atoms in total. The standard InChI is InChI=1S/C19H21NO6S/c1-11(12-7-5-4-6-8-12)9-14(21)26-10-13-15(18(22)24-2)17(20)27-16(13)19(23)25-3/h4-8,11H,9-10,20H2,1-3H3/t11-/m1/s1. The van der Waals surface area contributed by atoms with Crippen molar-refractivity contribution in [2.45, 2.75) is 25.9 Å². The van der Waals surface area contributed by atoms with E-state index in [2.05, 4.69) is 0 Å². The predicted molar refractivity (Wildman–Crippen MR) is 101 cm³/mol. The molecule has 0 spiro atoms. The van der Waals surface area contributed by atoms with Gasteiger partial charge in [0.25, 0.3) is 0 Å². The zero-order chi connectivity index (χ0) is 20.0. The SMILES string of the molecule is COC(=O)c1sc(N)c(C(=O)OC)c1COC(=O)C[C@@H](C)c1ccccc1. The third-order valence-corrected chi connectivity index (χ3v) is 5.05. The maximum atomic E-state index is 12.2. The van der Waals surface area contributed by atoms with E-state index < -0.39 is 17.9 Å². The van der Waals surface area contributed by atoms with E-state index in [0.717, 1.165) is 16.9 Å². The highest BCUT2D eigenvalue weighted by Gasteiger charge is 2.28. The van der Waals surface area contributed by atoms with Crippen LogP contribution < -0.4 is 5.73 Å². The molecule has 2 rings (SSSR count). The molecule has 0 unspecified atom stereocenters. The Balaban J connectivity index is 2.15. The van der Waals surface area contributed by atoms with Gasteiger partial charge < -0.3 is 19.9 Å². The fourth-order valence-electron chi connectivity index (χ4n) is 2.57. The maximum Gasteiger partial charge on any atom is 0.348 e. The van der Waals surface area contributed by atoms with E-state index in [1.807, 2.05) is 37.3 Å². The molecule has 0 bridgehead atoms. The molecule has 1 aromatic heterocycles. The van der Waals surface area contributed by atoms with Crippen LogP contribution in [0.15, 0.2) is 30.3 Å². The van der Waals surface area contributed by atoms with Gasteiger partial charge in [0, 0.05) is 5.56 Å². The van der Waals surface area contributed by atoms with Gasteiger partial charge in [0.2, 0.25) is 0 Å². The molecule has 0 aliphatic carbocycles. The summed E-state index contributed by atoms with van der Waals surface area (Å²) in [5.41, 5.74) is 7.07. The van der Waals surface area contributed by atoms with Gasteiger partial charge in [-0.05, 0) is 11.5 Å². The lowest BCUT2D eigenvalue weighted by atomic mass is 9.98. The fraction of sp³-hybridized carbons (Fsp3) is 0.316. The first kappa shape index (κ1) is 20.4. The van der Waals surface area contributed by atoms with Crippen molar-refractivity contribution in [2.75, 3.05) is 20.0 Å². The number of methoxy groups -OCH3 is 2. The van der Waals surface area contributed by atoms with Crippen LogP contribution in [0.25, 0.3) is 0 Å². The number of nitrogen functional groups attached to an aromatic ring is 1. The minimum atomic E-state index is -0.706. The monoisotopic (exact) mass is 391 g/mol. The summed E-state index contributed by atoms with van der Waals surface area (Å²) in [6.07, 6.45) is 0.157. The quantitative estimate of drug-likeness (QED) is 0.571. The number of anilines is 1. The van der Waals surface area contributed by atoms with Crippen molar-refractivity contribution >= 4 is 34.2 Å². The minimum Gasteiger partial charge on any atom is -0.465 e. The summed E-state index contributed by atoms with van der Waals surface area (Å²) < 4.78 is 14.7. The zero-order valence-electron chi connectivity index (χ0n) is 15.3. The Morgan fingerprint density at radius 3 is 2.30 bits per heavy atom. The van der Waals surface area contributed by atoms with E-state index in [1.165, 1.54) is 14.2 Å². The average Bonchev–Trinajstić information content (AvgIpc) is 3.01. The van der Waals surface area contributed by atoms with Gasteiger partial charge in [-0.25, -0.2) is 9.59 Å². The summed E-state index contributed by atoms with van der Waals surface area (Å²) in [5.74, 6) is -1.86. The summed E-state index contributed by atoms with van der Waals surface area (Å²) >= 11 is 0.891.